The number of ketones is 1. The van der Waals surface area contributed by atoms with Crippen molar-refractivity contribution in [3.63, 3.8) is 0 Å². The minimum Gasteiger partial charge on any atom is -0.363 e. The van der Waals surface area contributed by atoms with Gasteiger partial charge in [-0.2, -0.15) is 0 Å². The van der Waals surface area contributed by atoms with Crippen LogP contribution in [0.2, 0.25) is 0 Å². The van der Waals surface area contributed by atoms with Crippen molar-refractivity contribution in [1.82, 2.24) is 4.90 Å². The highest BCUT2D eigenvalue weighted by atomic mass is 16.5. The molecular weight excluding hydrogens is 346 g/mol. The molecule has 0 atom stereocenters. The number of Topliss-reactive ketones (excluding diaryl/α,β-unsaturated/α-hetero) is 1. The van der Waals surface area contributed by atoms with Gasteiger partial charge in [0.15, 0.2) is 5.78 Å². The number of likely N-dealkylation sites (tertiary alicyclic amines) is 1. The Labute approximate surface area is 165 Å². The molecule has 3 aromatic carbocycles. The van der Waals surface area contributed by atoms with Crippen molar-refractivity contribution in [2.24, 2.45) is 0 Å². The molecule has 3 heteroatoms. The first-order valence-corrected chi connectivity index (χ1v) is 9.78. The van der Waals surface area contributed by atoms with Crippen molar-refractivity contribution >= 4 is 5.78 Å². The van der Waals surface area contributed by atoms with Crippen LogP contribution in [-0.4, -0.2) is 23.8 Å². The fraction of sp³-hybridized carbons (Fsp3) is 0.240. The SMILES string of the molecule is CC(=O)c1ccc2c(c1)COC21CN(C(c2ccccc2)c2ccccc2)C1. The van der Waals surface area contributed by atoms with Gasteiger partial charge in [-0.1, -0.05) is 72.8 Å². The minimum atomic E-state index is -0.244. The second-order valence-corrected chi connectivity index (χ2v) is 7.84. The lowest BCUT2D eigenvalue weighted by atomic mass is 9.81. The first-order chi connectivity index (χ1) is 13.7. The maximum absolute atomic E-state index is 11.7. The van der Waals surface area contributed by atoms with Crippen LogP contribution in [0.15, 0.2) is 78.9 Å². The maximum atomic E-state index is 11.7. The molecule has 0 saturated carbocycles. The molecule has 140 valence electrons. The Morgan fingerprint density at radius 2 is 1.54 bits per heavy atom. The number of hydrogen-bond acceptors (Lipinski definition) is 3. The number of fused-ring (bicyclic) bond motifs is 2. The van der Waals surface area contributed by atoms with Gasteiger partial charge in [-0.05, 0) is 35.2 Å². The summed E-state index contributed by atoms with van der Waals surface area (Å²) >= 11 is 0. The monoisotopic (exact) mass is 369 g/mol. The molecule has 1 saturated heterocycles. The number of carbonyl (C=O) groups excluding carboxylic acids is 1. The molecule has 2 aliphatic heterocycles. The van der Waals surface area contributed by atoms with E-state index in [2.05, 4.69) is 71.6 Å². The average Bonchev–Trinajstić information content (AvgIpc) is 3.09. The second kappa shape index (κ2) is 6.69. The van der Waals surface area contributed by atoms with Crippen LogP contribution in [0, 0.1) is 0 Å². The summed E-state index contributed by atoms with van der Waals surface area (Å²) in [5.41, 5.74) is 5.52. The zero-order valence-electron chi connectivity index (χ0n) is 16.0. The van der Waals surface area contributed by atoms with Gasteiger partial charge in [-0.25, -0.2) is 0 Å². The van der Waals surface area contributed by atoms with Crippen LogP contribution in [0.1, 0.15) is 45.6 Å². The van der Waals surface area contributed by atoms with Crippen molar-refractivity contribution in [3.05, 3.63) is 107 Å². The van der Waals surface area contributed by atoms with E-state index in [9.17, 15) is 4.79 Å². The van der Waals surface area contributed by atoms with Gasteiger partial charge in [0.2, 0.25) is 0 Å². The molecule has 1 spiro atoms. The van der Waals surface area contributed by atoms with Gasteiger partial charge in [-0.3, -0.25) is 9.69 Å². The summed E-state index contributed by atoms with van der Waals surface area (Å²) < 4.78 is 6.28. The van der Waals surface area contributed by atoms with E-state index in [1.807, 2.05) is 12.1 Å². The van der Waals surface area contributed by atoms with Crippen LogP contribution in [0.3, 0.4) is 0 Å². The molecule has 2 aliphatic rings. The number of nitrogens with zero attached hydrogens (tertiary/aromatic N) is 1. The van der Waals surface area contributed by atoms with E-state index < -0.39 is 0 Å². The van der Waals surface area contributed by atoms with E-state index in [0.717, 1.165) is 24.2 Å². The number of benzene rings is 3. The third kappa shape index (κ3) is 2.79. The van der Waals surface area contributed by atoms with Gasteiger partial charge in [0, 0.05) is 18.7 Å². The Bertz CT molecular complexity index is 968. The van der Waals surface area contributed by atoms with Gasteiger partial charge in [0.05, 0.1) is 12.6 Å². The maximum Gasteiger partial charge on any atom is 0.159 e. The van der Waals surface area contributed by atoms with Crippen molar-refractivity contribution in [2.45, 2.75) is 25.2 Å². The van der Waals surface area contributed by atoms with Crippen molar-refractivity contribution in [3.8, 4) is 0 Å². The minimum absolute atomic E-state index is 0.104. The van der Waals surface area contributed by atoms with E-state index in [1.165, 1.54) is 16.7 Å². The normalized spacial score (nSPS) is 17.5. The molecule has 0 N–H and O–H groups in total. The molecule has 0 aromatic heterocycles. The van der Waals surface area contributed by atoms with Crippen LogP contribution < -0.4 is 0 Å². The van der Waals surface area contributed by atoms with Crippen LogP contribution in [0.4, 0.5) is 0 Å². The van der Waals surface area contributed by atoms with Gasteiger partial charge in [0.1, 0.15) is 5.60 Å². The van der Waals surface area contributed by atoms with Crippen LogP contribution in [0.5, 0.6) is 0 Å². The van der Waals surface area contributed by atoms with E-state index in [-0.39, 0.29) is 17.4 Å². The van der Waals surface area contributed by atoms with E-state index in [0.29, 0.717) is 6.61 Å². The molecule has 5 rings (SSSR count). The lowest BCUT2D eigenvalue weighted by Gasteiger charge is -2.51. The summed E-state index contributed by atoms with van der Waals surface area (Å²) in [4.78, 5) is 14.2. The fourth-order valence-electron chi connectivity index (χ4n) is 4.61. The highest BCUT2D eigenvalue weighted by Gasteiger charge is 2.52. The molecule has 1 fully saturated rings. The zero-order valence-corrected chi connectivity index (χ0v) is 16.0. The largest absolute Gasteiger partial charge is 0.363 e. The van der Waals surface area contributed by atoms with E-state index >= 15 is 0 Å². The Kier molecular flexibility index (Phi) is 4.15. The topological polar surface area (TPSA) is 29.5 Å². The van der Waals surface area contributed by atoms with Gasteiger partial charge in [-0.15, -0.1) is 0 Å². The van der Waals surface area contributed by atoms with Gasteiger partial charge >= 0.3 is 0 Å². The third-order valence-electron chi connectivity index (χ3n) is 6.02. The molecule has 0 amide bonds. The molecule has 0 aliphatic carbocycles. The smallest absolute Gasteiger partial charge is 0.159 e. The standard InChI is InChI=1S/C25H23NO2/c1-18(27)21-12-13-23-22(14-21)15-28-25(23)16-26(17-25)24(19-8-4-2-5-9-19)20-10-6-3-7-11-20/h2-14,24H,15-17H2,1H3. The summed E-state index contributed by atoms with van der Waals surface area (Å²) in [6.45, 7) is 3.91. The number of ether oxygens (including phenoxy) is 1. The van der Waals surface area contributed by atoms with Crippen molar-refractivity contribution in [2.75, 3.05) is 13.1 Å². The first-order valence-electron chi connectivity index (χ1n) is 9.78. The highest BCUT2D eigenvalue weighted by Crippen LogP contribution is 2.47. The number of carbonyl (C=O) groups is 1. The molecule has 0 bridgehead atoms. The zero-order chi connectivity index (χ0) is 19.1. The Hall–Kier alpha value is -2.75. The summed E-state index contributed by atoms with van der Waals surface area (Å²) in [6.07, 6.45) is 0. The fourth-order valence-corrected chi connectivity index (χ4v) is 4.61. The van der Waals surface area contributed by atoms with E-state index in [4.69, 9.17) is 4.74 Å². The molecule has 0 radical (unpaired) electrons. The molecule has 2 heterocycles. The van der Waals surface area contributed by atoms with Crippen LogP contribution in [-0.2, 0) is 16.9 Å². The van der Waals surface area contributed by atoms with Crippen LogP contribution >= 0.6 is 0 Å². The summed E-state index contributed by atoms with van der Waals surface area (Å²) in [5.74, 6) is 0.104. The lowest BCUT2D eigenvalue weighted by molar-refractivity contribution is -0.151. The molecule has 3 nitrogen and oxygen atoms in total. The lowest BCUT2D eigenvalue weighted by Crippen LogP contribution is -2.60. The second-order valence-electron chi connectivity index (χ2n) is 7.84. The quantitative estimate of drug-likeness (QED) is 0.623. The number of rotatable bonds is 4. The number of hydrogen-bond donors (Lipinski definition) is 0. The summed E-state index contributed by atoms with van der Waals surface area (Å²) in [6, 6.07) is 27.6. The van der Waals surface area contributed by atoms with Crippen molar-refractivity contribution in [1.29, 1.82) is 0 Å². The Morgan fingerprint density at radius 1 is 0.929 bits per heavy atom. The molecule has 0 unspecified atom stereocenters. The van der Waals surface area contributed by atoms with Crippen LogP contribution in [0.25, 0.3) is 0 Å². The predicted octanol–water partition coefficient (Wildman–Crippen LogP) is 4.72. The van der Waals surface area contributed by atoms with E-state index in [1.54, 1.807) is 6.92 Å². The highest BCUT2D eigenvalue weighted by molar-refractivity contribution is 5.94. The van der Waals surface area contributed by atoms with Crippen molar-refractivity contribution < 1.29 is 9.53 Å². The van der Waals surface area contributed by atoms with Gasteiger partial charge in [0.25, 0.3) is 0 Å². The summed E-state index contributed by atoms with van der Waals surface area (Å²) in [5, 5.41) is 0. The van der Waals surface area contributed by atoms with Gasteiger partial charge < -0.3 is 4.74 Å². The average molecular weight is 369 g/mol. The third-order valence-corrected chi connectivity index (χ3v) is 6.02. The first kappa shape index (κ1) is 17.4. The Balaban J connectivity index is 1.45. The molecule has 28 heavy (non-hydrogen) atoms. The summed E-state index contributed by atoms with van der Waals surface area (Å²) in [7, 11) is 0. The molecule has 3 aromatic rings. The molecular formula is C25H23NO2. The predicted molar refractivity (Wildman–Crippen MR) is 109 cm³/mol. The Morgan fingerprint density at radius 3 is 2.11 bits per heavy atom.